The second-order valence-electron chi connectivity index (χ2n) is 8.12. The number of rotatable bonds is 11. The van der Waals surface area contributed by atoms with Crippen molar-refractivity contribution in [1.82, 2.24) is 10.2 Å². The van der Waals surface area contributed by atoms with Crippen molar-refractivity contribution in [2.75, 3.05) is 6.54 Å². The topological polar surface area (TPSA) is 49.4 Å². The van der Waals surface area contributed by atoms with Crippen molar-refractivity contribution in [2.24, 2.45) is 0 Å². The first-order valence-corrected chi connectivity index (χ1v) is 11.9. The quantitative estimate of drug-likeness (QED) is 0.357. The molecule has 0 aliphatic carbocycles. The number of carbonyl (C=O) groups is 2. The van der Waals surface area contributed by atoms with E-state index in [4.69, 9.17) is 11.6 Å². The van der Waals surface area contributed by atoms with Crippen LogP contribution in [0.1, 0.15) is 48.9 Å². The van der Waals surface area contributed by atoms with E-state index in [9.17, 15) is 9.59 Å². The van der Waals surface area contributed by atoms with Crippen molar-refractivity contribution in [3.05, 3.63) is 107 Å². The highest BCUT2D eigenvalue weighted by Crippen LogP contribution is 2.25. The van der Waals surface area contributed by atoms with Crippen LogP contribution in [0.3, 0.4) is 0 Å². The van der Waals surface area contributed by atoms with Crippen LogP contribution in [0.2, 0.25) is 5.02 Å². The van der Waals surface area contributed by atoms with Gasteiger partial charge in [0, 0.05) is 18.1 Å². The van der Waals surface area contributed by atoms with E-state index in [-0.39, 0.29) is 18.2 Å². The minimum Gasteiger partial charge on any atom is -0.354 e. The van der Waals surface area contributed by atoms with Crippen LogP contribution in [-0.2, 0) is 22.6 Å². The summed E-state index contributed by atoms with van der Waals surface area (Å²) in [6, 6.07) is 25.8. The number of amides is 2. The summed E-state index contributed by atoms with van der Waals surface area (Å²) in [6.45, 7) is 3.03. The first kappa shape index (κ1) is 24.5. The third-order valence-electron chi connectivity index (χ3n) is 5.54. The molecular weight excluding hydrogens is 432 g/mol. The van der Waals surface area contributed by atoms with Gasteiger partial charge in [-0.1, -0.05) is 104 Å². The van der Waals surface area contributed by atoms with E-state index in [1.165, 1.54) is 0 Å². The van der Waals surface area contributed by atoms with E-state index in [2.05, 4.69) is 12.2 Å². The lowest BCUT2D eigenvalue weighted by Crippen LogP contribution is -2.44. The fraction of sp³-hybridized carbons (Fsp3) is 0.286. The van der Waals surface area contributed by atoms with Gasteiger partial charge in [0.15, 0.2) is 0 Å². The maximum atomic E-state index is 13.6. The van der Waals surface area contributed by atoms with Gasteiger partial charge in [-0.3, -0.25) is 9.59 Å². The summed E-state index contributed by atoms with van der Waals surface area (Å²) < 4.78 is 0. The van der Waals surface area contributed by atoms with Gasteiger partial charge in [0.05, 0.1) is 6.42 Å². The highest BCUT2D eigenvalue weighted by atomic mass is 35.5. The van der Waals surface area contributed by atoms with E-state index in [1.807, 2.05) is 72.8 Å². The highest BCUT2D eigenvalue weighted by Gasteiger charge is 2.31. The Morgan fingerprint density at radius 1 is 0.848 bits per heavy atom. The molecule has 0 radical (unpaired) electrons. The molecule has 0 unspecified atom stereocenters. The monoisotopic (exact) mass is 462 g/mol. The minimum absolute atomic E-state index is 0.103. The normalized spacial score (nSPS) is 11.6. The van der Waals surface area contributed by atoms with Gasteiger partial charge in [-0.25, -0.2) is 0 Å². The van der Waals surface area contributed by atoms with Gasteiger partial charge in [-0.15, -0.1) is 0 Å². The van der Waals surface area contributed by atoms with Gasteiger partial charge in [-0.2, -0.15) is 0 Å². The number of halogens is 1. The van der Waals surface area contributed by atoms with Crippen LogP contribution in [0.4, 0.5) is 0 Å². The van der Waals surface area contributed by atoms with Crippen LogP contribution in [0.5, 0.6) is 0 Å². The highest BCUT2D eigenvalue weighted by molar-refractivity contribution is 6.30. The van der Waals surface area contributed by atoms with Gasteiger partial charge in [0.2, 0.25) is 11.8 Å². The molecule has 3 aromatic rings. The lowest BCUT2D eigenvalue weighted by atomic mass is 10.0. The summed E-state index contributed by atoms with van der Waals surface area (Å²) in [5.74, 6) is -0.263. The number of carbonyl (C=O) groups excluding carboxylic acids is 2. The molecule has 172 valence electrons. The molecule has 3 aromatic carbocycles. The molecule has 4 nitrogen and oxygen atoms in total. The molecule has 33 heavy (non-hydrogen) atoms. The Kier molecular flexibility index (Phi) is 9.52. The Balaban J connectivity index is 1.93. The zero-order valence-corrected chi connectivity index (χ0v) is 19.8. The second kappa shape index (κ2) is 12.8. The molecular formula is C28H31ClN2O2. The van der Waals surface area contributed by atoms with Crippen molar-refractivity contribution in [1.29, 1.82) is 0 Å². The summed E-state index contributed by atoms with van der Waals surface area (Å²) in [7, 11) is 0. The van der Waals surface area contributed by atoms with E-state index in [0.29, 0.717) is 18.1 Å². The van der Waals surface area contributed by atoms with Gasteiger partial charge >= 0.3 is 0 Å². The van der Waals surface area contributed by atoms with Crippen molar-refractivity contribution in [3.8, 4) is 0 Å². The molecule has 0 fully saturated rings. The van der Waals surface area contributed by atoms with Gasteiger partial charge < -0.3 is 10.2 Å². The predicted octanol–water partition coefficient (Wildman–Crippen LogP) is 5.96. The molecule has 0 saturated heterocycles. The molecule has 0 heterocycles. The standard InChI is InChI=1S/C28H31ClN2O2/c1-2-3-10-19-30-28(33)27(24-13-8-5-9-14-24)31(21-23-15-17-25(29)18-16-23)26(32)20-22-11-6-4-7-12-22/h4-9,11-18,27H,2-3,10,19-21H2,1H3,(H,30,33)/t27-/m0/s1. The zero-order chi connectivity index (χ0) is 23.5. The lowest BCUT2D eigenvalue weighted by molar-refractivity contribution is -0.141. The average Bonchev–Trinajstić information content (AvgIpc) is 2.84. The summed E-state index contributed by atoms with van der Waals surface area (Å²) >= 11 is 6.07. The average molecular weight is 463 g/mol. The number of nitrogens with zero attached hydrogens (tertiary/aromatic N) is 1. The summed E-state index contributed by atoms with van der Waals surface area (Å²) in [5.41, 5.74) is 2.63. The van der Waals surface area contributed by atoms with Gasteiger partial charge in [0.1, 0.15) is 6.04 Å². The summed E-state index contributed by atoms with van der Waals surface area (Å²) in [5, 5.41) is 3.69. The molecule has 5 heteroatoms. The summed E-state index contributed by atoms with van der Waals surface area (Å²) in [4.78, 5) is 28.7. The Hall–Kier alpha value is -3.11. The molecule has 2 amide bonds. The maximum Gasteiger partial charge on any atom is 0.247 e. The molecule has 0 aliphatic heterocycles. The van der Waals surface area contributed by atoms with Crippen LogP contribution in [0, 0.1) is 0 Å². The smallest absolute Gasteiger partial charge is 0.247 e. The van der Waals surface area contributed by atoms with Crippen molar-refractivity contribution in [3.63, 3.8) is 0 Å². The maximum absolute atomic E-state index is 13.6. The number of unbranched alkanes of at least 4 members (excludes halogenated alkanes) is 2. The molecule has 0 spiro atoms. The Bertz CT molecular complexity index is 1010. The van der Waals surface area contributed by atoms with Crippen LogP contribution < -0.4 is 5.32 Å². The number of hydrogen-bond acceptors (Lipinski definition) is 2. The SMILES string of the molecule is CCCCCNC(=O)[C@H](c1ccccc1)N(Cc1ccc(Cl)cc1)C(=O)Cc1ccccc1. The van der Waals surface area contributed by atoms with Crippen LogP contribution in [0.15, 0.2) is 84.9 Å². The van der Waals surface area contributed by atoms with Crippen molar-refractivity contribution >= 4 is 23.4 Å². The fourth-order valence-electron chi connectivity index (χ4n) is 3.77. The van der Waals surface area contributed by atoms with E-state index in [1.54, 1.807) is 17.0 Å². The number of benzene rings is 3. The molecule has 3 rings (SSSR count). The number of nitrogens with one attached hydrogen (secondary N) is 1. The van der Waals surface area contributed by atoms with E-state index in [0.717, 1.165) is 36.0 Å². The Labute approximate surface area is 201 Å². The molecule has 1 N–H and O–H groups in total. The third-order valence-corrected chi connectivity index (χ3v) is 5.79. The molecule has 1 atom stereocenters. The van der Waals surface area contributed by atoms with Crippen molar-refractivity contribution in [2.45, 2.75) is 45.2 Å². The van der Waals surface area contributed by atoms with Crippen molar-refractivity contribution < 1.29 is 9.59 Å². The Morgan fingerprint density at radius 2 is 1.48 bits per heavy atom. The van der Waals surface area contributed by atoms with Crippen LogP contribution >= 0.6 is 11.6 Å². The fourth-order valence-corrected chi connectivity index (χ4v) is 3.90. The number of hydrogen-bond donors (Lipinski definition) is 1. The minimum atomic E-state index is -0.722. The lowest BCUT2D eigenvalue weighted by Gasteiger charge is -2.32. The van der Waals surface area contributed by atoms with Gasteiger partial charge in [-0.05, 0) is 35.2 Å². The van der Waals surface area contributed by atoms with E-state index < -0.39 is 6.04 Å². The largest absolute Gasteiger partial charge is 0.354 e. The predicted molar refractivity (Wildman–Crippen MR) is 134 cm³/mol. The van der Waals surface area contributed by atoms with Crippen LogP contribution in [0.25, 0.3) is 0 Å². The summed E-state index contributed by atoms with van der Waals surface area (Å²) in [6.07, 6.45) is 3.27. The molecule has 0 aromatic heterocycles. The second-order valence-corrected chi connectivity index (χ2v) is 8.56. The molecule has 0 saturated carbocycles. The third kappa shape index (κ3) is 7.47. The van der Waals surface area contributed by atoms with E-state index >= 15 is 0 Å². The van der Waals surface area contributed by atoms with Gasteiger partial charge in [0.25, 0.3) is 0 Å². The first-order chi connectivity index (χ1) is 16.1. The first-order valence-electron chi connectivity index (χ1n) is 11.5. The molecule has 0 bridgehead atoms. The van der Waals surface area contributed by atoms with Crippen LogP contribution in [-0.4, -0.2) is 23.3 Å². The molecule has 0 aliphatic rings. The Morgan fingerprint density at radius 3 is 2.12 bits per heavy atom. The zero-order valence-electron chi connectivity index (χ0n) is 19.0.